The van der Waals surface area contributed by atoms with Crippen LogP contribution in [0.15, 0.2) is 18.3 Å². The van der Waals surface area contributed by atoms with Crippen molar-refractivity contribution in [2.24, 2.45) is 0 Å². The van der Waals surface area contributed by atoms with E-state index in [4.69, 9.17) is 11.6 Å². The van der Waals surface area contributed by atoms with Gasteiger partial charge in [0.1, 0.15) is 0 Å². The van der Waals surface area contributed by atoms with Crippen LogP contribution in [0, 0.1) is 13.8 Å². The molecule has 2 aromatic rings. The van der Waals surface area contributed by atoms with E-state index in [1.807, 2.05) is 24.6 Å². The largest absolute Gasteiger partial charge is 0.305 e. The highest BCUT2D eigenvalue weighted by Crippen LogP contribution is 2.30. The fourth-order valence-electron chi connectivity index (χ4n) is 2.61. The van der Waals surface area contributed by atoms with Crippen LogP contribution in [0.5, 0.6) is 0 Å². The third kappa shape index (κ3) is 3.44. The van der Waals surface area contributed by atoms with Crippen LogP contribution in [-0.2, 0) is 6.54 Å². The van der Waals surface area contributed by atoms with Gasteiger partial charge in [0.05, 0.1) is 23.0 Å². The Morgan fingerprint density at radius 2 is 2.05 bits per heavy atom. The number of hydrogen-bond donors (Lipinski definition) is 1. The van der Waals surface area contributed by atoms with E-state index in [1.54, 1.807) is 6.20 Å². The van der Waals surface area contributed by atoms with Gasteiger partial charge in [0, 0.05) is 17.9 Å². The highest BCUT2D eigenvalue weighted by atomic mass is 35.5. The number of rotatable bonds is 6. The molecule has 0 aliphatic carbocycles. The monoisotopic (exact) mass is 306 g/mol. The lowest BCUT2D eigenvalue weighted by atomic mass is 10.0. The summed E-state index contributed by atoms with van der Waals surface area (Å²) in [5, 5.41) is 8.62. The lowest BCUT2D eigenvalue weighted by Gasteiger charge is -2.22. The smallest absolute Gasteiger partial charge is 0.0837 e. The summed E-state index contributed by atoms with van der Waals surface area (Å²) in [7, 11) is 0. The normalized spacial score (nSPS) is 12.6. The molecule has 2 rings (SSSR count). The molecule has 1 atom stereocenters. The van der Waals surface area contributed by atoms with Gasteiger partial charge in [0.2, 0.25) is 0 Å². The van der Waals surface area contributed by atoms with Gasteiger partial charge in [-0.3, -0.25) is 9.67 Å². The number of halogens is 1. The molecule has 2 heterocycles. The average molecular weight is 307 g/mol. The Morgan fingerprint density at radius 3 is 2.67 bits per heavy atom. The Bertz CT molecular complexity index is 606. The van der Waals surface area contributed by atoms with Crippen LogP contribution in [0.4, 0.5) is 0 Å². The molecule has 0 amide bonds. The van der Waals surface area contributed by atoms with Gasteiger partial charge in [-0.15, -0.1) is 0 Å². The molecule has 0 spiro atoms. The topological polar surface area (TPSA) is 42.7 Å². The minimum absolute atomic E-state index is 0.0182. The van der Waals surface area contributed by atoms with Gasteiger partial charge < -0.3 is 5.32 Å². The van der Waals surface area contributed by atoms with Crippen LogP contribution < -0.4 is 5.32 Å². The molecule has 5 heteroatoms. The second kappa shape index (κ2) is 7.05. The zero-order valence-corrected chi connectivity index (χ0v) is 13.9. The Morgan fingerprint density at radius 1 is 1.29 bits per heavy atom. The first-order valence-electron chi connectivity index (χ1n) is 7.47. The van der Waals surface area contributed by atoms with Crippen LogP contribution in [0.1, 0.15) is 49.0 Å². The molecule has 0 radical (unpaired) electrons. The van der Waals surface area contributed by atoms with E-state index in [0.717, 1.165) is 42.2 Å². The number of aromatic nitrogens is 3. The zero-order valence-electron chi connectivity index (χ0n) is 13.2. The minimum Gasteiger partial charge on any atom is -0.305 e. The van der Waals surface area contributed by atoms with Gasteiger partial charge in [0.15, 0.2) is 0 Å². The summed E-state index contributed by atoms with van der Waals surface area (Å²) < 4.78 is 1.99. The van der Waals surface area contributed by atoms with Gasteiger partial charge in [0.25, 0.3) is 0 Å². The lowest BCUT2D eigenvalue weighted by molar-refractivity contribution is 0.518. The third-order valence-electron chi connectivity index (χ3n) is 3.53. The molecule has 0 saturated carbocycles. The van der Waals surface area contributed by atoms with Gasteiger partial charge >= 0.3 is 0 Å². The van der Waals surface area contributed by atoms with Crippen molar-refractivity contribution in [1.82, 2.24) is 20.1 Å². The van der Waals surface area contributed by atoms with Crippen molar-refractivity contribution in [3.05, 3.63) is 46.0 Å². The maximum absolute atomic E-state index is 6.40. The maximum Gasteiger partial charge on any atom is 0.0837 e. The predicted octanol–water partition coefficient (Wildman–Crippen LogP) is 3.66. The van der Waals surface area contributed by atoms with Crippen molar-refractivity contribution in [3.63, 3.8) is 0 Å². The Balaban J connectivity index is 2.50. The Kier molecular flexibility index (Phi) is 5.37. The average Bonchev–Trinajstić information content (AvgIpc) is 2.79. The highest BCUT2D eigenvalue weighted by Gasteiger charge is 2.23. The number of nitrogens with zero attached hydrogens (tertiary/aromatic N) is 3. The summed E-state index contributed by atoms with van der Waals surface area (Å²) in [5.74, 6) is 0. The molecular formula is C16H23ClN4. The zero-order chi connectivity index (χ0) is 15.4. The quantitative estimate of drug-likeness (QED) is 0.885. The molecule has 0 aliphatic rings. The SMILES string of the molecule is CCCn1ncc(Cl)c1C(NCC)c1ccc(C)nc1C. The van der Waals surface area contributed by atoms with Gasteiger partial charge in [-0.05, 0) is 38.4 Å². The standard InChI is InChI=1S/C16H23ClN4/c1-5-9-21-16(14(17)10-19-21)15(18-6-2)13-8-7-11(3)20-12(13)4/h7-8,10,15,18H,5-6,9H2,1-4H3. The van der Waals surface area contributed by atoms with Crippen molar-refractivity contribution >= 4 is 11.6 Å². The fraction of sp³-hybridized carbons (Fsp3) is 0.500. The highest BCUT2D eigenvalue weighted by molar-refractivity contribution is 6.31. The number of pyridine rings is 1. The summed E-state index contributed by atoms with van der Waals surface area (Å²) in [5.41, 5.74) is 4.23. The van der Waals surface area contributed by atoms with Crippen LogP contribution >= 0.6 is 11.6 Å². The first-order valence-corrected chi connectivity index (χ1v) is 7.85. The molecule has 1 unspecified atom stereocenters. The Labute approximate surface area is 131 Å². The fourth-order valence-corrected chi connectivity index (χ4v) is 2.86. The maximum atomic E-state index is 6.40. The molecule has 0 aromatic carbocycles. The first-order chi connectivity index (χ1) is 10.1. The molecular weight excluding hydrogens is 284 g/mol. The summed E-state index contributed by atoms with van der Waals surface area (Å²) >= 11 is 6.40. The molecule has 0 aliphatic heterocycles. The van der Waals surface area contributed by atoms with Crippen LogP contribution in [-0.4, -0.2) is 21.3 Å². The van der Waals surface area contributed by atoms with Crippen molar-refractivity contribution in [3.8, 4) is 0 Å². The second-order valence-corrected chi connectivity index (χ2v) is 5.63. The first kappa shape index (κ1) is 16.0. The number of hydrogen-bond acceptors (Lipinski definition) is 3. The van der Waals surface area contributed by atoms with E-state index in [0.29, 0.717) is 5.02 Å². The Hall–Kier alpha value is -1.39. The number of aryl methyl sites for hydroxylation is 3. The molecule has 0 fully saturated rings. The minimum atomic E-state index is 0.0182. The van der Waals surface area contributed by atoms with E-state index in [1.165, 1.54) is 0 Å². The van der Waals surface area contributed by atoms with Crippen LogP contribution in [0.2, 0.25) is 5.02 Å². The van der Waals surface area contributed by atoms with Gasteiger partial charge in [-0.2, -0.15) is 5.10 Å². The van der Waals surface area contributed by atoms with Crippen molar-refractivity contribution in [2.75, 3.05) is 6.54 Å². The molecule has 114 valence electrons. The van der Waals surface area contributed by atoms with Gasteiger partial charge in [-0.25, -0.2) is 0 Å². The summed E-state index contributed by atoms with van der Waals surface area (Å²) in [6.45, 7) is 10.0. The molecule has 0 bridgehead atoms. The second-order valence-electron chi connectivity index (χ2n) is 5.22. The summed E-state index contributed by atoms with van der Waals surface area (Å²) in [6, 6.07) is 4.19. The molecule has 4 nitrogen and oxygen atoms in total. The van der Waals surface area contributed by atoms with E-state index in [-0.39, 0.29) is 6.04 Å². The number of nitrogens with one attached hydrogen (secondary N) is 1. The third-order valence-corrected chi connectivity index (χ3v) is 3.82. The van der Waals surface area contributed by atoms with E-state index >= 15 is 0 Å². The lowest BCUT2D eigenvalue weighted by Crippen LogP contribution is -2.26. The van der Waals surface area contributed by atoms with Crippen LogP contribution in [0.25, 0.3) is 0 Å². The van der Waals surface area contributed by atoms with Gasteiger partial charge in [-0.1, -0.05) is 31.5 Å². The van der Waals surface area contributed by atoms with E-state index in [9.17, 15) is 0 Å². The van der Waals surface area contributed by atoms with Crippen molar-refractivity contribution in [2.45, 2.75) is 46.7 Å². The van der Waals surface area contributed by atoms with Crippen molar-refractivity contribution in [1.29, 1.82) is 0 Å². The van der Waals surface area contributed by atoms with Crippen LogP contribution in [0.3, 0.4) is 0 Å². The molecule has 1 N–H and O–H groups in total. The predicted molar refractivity (Wildman–Crippen MR) is 86.8 cm³/mol. The van der Waals surface area contributed by atoms with Crippen molar-refractivity contribution < 1.29 is 0 Å². The molecule has 21 heavy (non-hydrogen) atoms. The summed E-state index contributed by atoms with van der Waals surface area (Å²) in [6.07, 6.45) is 2.75. The van der Waals surface area contributed by atoms with E-state index in [2.05, 4.69) is 35.3 Å². The summed E-state index contributed by atoms with van der Waals surface area (Å²) in [4.78, 5) is 4.58. The molecule has 2 aromatic heterocycles. The molecule has 0 saturated heterocycles. The van der Waals surface area contributed by atoms with E-state index < -0.39 is 0 Å².